The van der Waals surface area contributed by atoms with Crippen LogP contribution in [0.2, 0.25) is 0 Å². The van der Waals surface area contributed by atoms with Crippen LogP contribution in [0.3, 0.4) is 0 Å². The summed E-state index contributed by atoms with van der Waals surface area (Å²) < 4.78 is 22.6. The monoisotopic (exact) mass is 277 g/mol. The van der Waals surface area contributed by atoms with E-state index in [0.717, 1.165) is 11.3 Å². The molecule has 0 aliphatic carbocycles. The SMILES string of the molecule is CS(=O)(=O)c1ccc(NCc2cccc(O)c2)cc1. The molecule has 0 bridgehead atoms. The largest absolute Gasteiger partial charge is 0.508 e. The number of aromatic hydroxyl groups is 1. The average molecular weight is 277 g/mol. The van der Waals surface area contributed by atoms with Crippen molar-refractivity contribution in [2.75, 3.05) is 11.6 Å². The van der Waals surface area contributed by atoms with Crippen molar-refractivity contribution in [2.45, 2.75) is 11.4 Å². The van der Waals surface area contributed by atoms with Crippen LogP contribution in [0.25, 0.3) is 0 Å². The van der Waals surface area contributed by atoms with Gasteiger partial charge in [-0.3, -0.25) is 0 Å². The second-order valence-electron chi connectivity index (χ2n) is 4.32. The lowest BCUT2D eigenvalue weighted by Gasteiger charge is -2.07. The van der Waals surface area contributed by atoms with Crippen molar-refractivity contribution in [2.24, 2.45) is 0 Å². The molecular formula is C14H15NO3S. The van der Waals surface area contributed by atoms with Crippen LogP contribution in [0.5, 0.6) is 5.75 Å². The summed E-state index contributed by atoms with van der Waals surface area (Å²) in [5, 5.41) is 12.5. The molecule has 0 aliphatic heterocycles. The van der Waals surface area contributed by atoms with E-state index in [0.29, 0.717) is 11.4 Å². The van der Waals surface area contributed by atoms with Gasteiger partial charge in [0.25, 0.3) is 0 Å². The van der Waals surface area contributed by atoms with Crippen molar-refractivity contribution in [3.8, 4) is 5.75 Å². The first-order chi connectivity index (χ1) is 8.95. The summed E-state index contributed by atoms with van der Waals surface area (Å²) in [7, 11) is -3.15. The molecule has 0 aliphatic rings. The van der Waals surface area contributed by atoms with Crippen LogP contribution in [0.1, 0.15) is 5.56 Å². The summed E-state index contributed by atoms with van der Waals surface area (Å²) >= 11 is 0. The lowest BCUT2D eigenvalue weighted by molar-refractivity contribution is 0.474. The van der Waals surface area contributed by atoms with Gasteiger partial charge in [0.1, 0.15) is 5.75 Å². The van der Waals surface area contributed by atoms with Gasteiger partial charge in [-0.2, -0.15) is 0 Å². The van der Waals surface area contributed by atoms with Gasteiger partial charge >= 0.3 is 0 Å². The third kappa shape index (κ3) is 3.72. The Balaban J connectivity index is 2.05. The van der Waals surface area contributed by atoms with Gasteiger partial charge in [0.05, 0.1) is 4.90 Å². The van der Waals surface area contributed by atoms with Gasteiger partial charge in [0.2, 0.25) is 0 Å². The molecule has 0 atom stereocenters. The minimum Gasteiger partial charge on any atom is -0.508 e. The highest BCUT2D eigenvalue weighted by molar-refractivity contribution is 7.90. The maximum Gasteiger partial charge on any atom is 0.175 e. The molecule has 19 heavy (non-hydrogen) atoms. The summed E-state index contributed by atoms with van der Waals surface area (Å²) in [4.78, 5) is 0.301. The van der Waals surface area contributed by atoms with E-state index in [1.807, 2.05) is 6.07 Å². The minimum absolute atomic E-state index is 0.228. The van der Waals surface area contributed by atoms with Crippen molar-refractivity contribution < 1.29 is 13.5 Å². The van der Waals surface area contributed by atoms with Crippen LogP contribution in [0, 0.1) is 0 Å². The molecule has 0 heterocycles. The Labute approximate surface area is 112 Å². The van der Waals surface area contributed by atoms with Crippen LogP contribution in [-0.2, 0) is 16.4 Å². The highest BCUT2D eigenvalue weighted by Gasteiger charge is 2.05. The highest BCUT2D eigenvalue weighted by atomic mass is 32.2. The van der Waals surface area contributed by atoms with Gasteiger partial charge in [0, 0.05) is 18.5 Å². The maximum atomic E-state index is 11.3. The number of hydrogen-bond acceptors (Lipinski definition) is 4. The first-order valence-corrected chi connectivity index (χ1v) is 7.66. The lowest BCUT2D eigenvalue weighted by atomic mass is 10.2. The van der Waals surface area contributed by atoms with E-state index in [1.165, 1.54) is 6.26 Å². The molecule has 0 aromatic heterocycles. The van der Waals surface area contributed by atoms with E-state index in [2.05, 4.69) is 5.32 Å². The summed E-state index contributed by atoms with van der Waals surface area (Å²) in [6.07, 6.45) is 1.18. The second-order valence-corrected chi connectivity index (χ2v) is 6.34. The fourth-order valence-electron chi connectivity index (χ4n) is 1.69. The molecule has 5 heteroatoms. The highest BCUT2D eigenvalue weighted by Crippen LogP contribution is 2.16. The van der Waals surface area contributed by atoms with Gasteiger partial charge in [-0.05, 0) is 42.0 Å². The molecule has 0 fully saturated rings. The third-order valence-electron chi connectivity index (χ3n) is 2.69. The zero-order chi connectivity index (χ0) is 13.9. The molecule has 0 unspecified atom stereocenters. The van der Waals surface area contributed by atoms with E-state index < -0.39 is 9.84 Å². The zero-order valence-electron chi connectivity index (χ0n) is 10.5. The molecule has 2 aromatic carbocycles. The molecule has 2 rings (SSSR count). The van der Waals surface area contributed by atoms with E-state index in [4.69, 9.17) is 0 Å². The summed E-state index contributed by atoms with van der Waals surface area (Å²) in [5.74, 6) is 0.228. The van der Waals surface area contributed by atoms with Crippen molar-refractivity contribution in [3.05, 3.63) is 54.1 Å². The number of nitrogens with one attached hydrogen (secondary N) is 1. The zero-order valence-corrected chi connectivity index (χ0v) is 11.3. The Bertz CT molecular complexity index is 663. The first kappa shape index (κ1) is 13.4. The normalized spacial score (nSPS) is 11.2. The van der Waals surface area contributed by atoms with Crippen LogP contribution in [0.15, 0.2) is 53.4 Å². The van der Waals surface area contributed by atoms with Crippen LogP contribution >= 0.6 is 0 Å². The van der Waals surface area contributed by atoms with Crippen molar-refractivity contribution in [1.29, 1.82) is 0 Å². The number of benzene rings is 2. The molecule has 0 saturated carbocycles. The van der Waals surface area contributed by atoms with E-state index >= 15 is 0 Å². The molecular weight excluding hydrogens is 262 g/mol. The standard InChI is InChI=1S/C14H15NO3S/c1-19(17,18)14-7-5-12(6-8-14)15-10-11-3-2-4-13(16)9-11/h2-9,15-16H,10H2,1H3. The van der Waals surface area contributed by atoms with Gasteiger partial charge in [-0.15, -0.1) is 0 Å². The van der Waals surface area contributed by atoms with E-state index in [-0.39, 0.29) is 5.75 Å². The van der Waals surface area contributed by atoms with Crippen LogP contribution < -0.4 is 5.32 Å². The Morgan fingerprint density at radius 3 is 2.37 bits per heavy atom. The molecule has 100 valence electrons. The fraction of sp³-hybridized carbons (Fsp3) is 0.143. The number of phenolic OH excluding ortho intramolecular Hbond substituents is 1. The van der Waals surface area contributed by atoms with Crippen molar-refractivity contribution >= 4 is 15.5 Å². The predicted molar refractivity (Wildman–Crippen MR) is 75.0 cm³/mol. The summed E-state index contributed by atoms with van der Waals surface area (Å²) in [5.41, 5.74) is 1.78. The summed E-state index contributed by atoms with van der Waals surface area (Å²) in [6, 6.07) is 13.6. The van der Waals surface area contributed by atoms with Gasteiger partial charge in [-0.25, -0.2) is 8.42 Å². The second kappa shape index (κ2) is 5.32. The molecule has 4 nitrogen and oxygen atoms in total. The quantitative estimate of drug-likeness (QED) is 0.900. The van der Waals surface area contributed by atoms with Gasteiger partial charge in [-0.1, -0.05) is 12.1 Å². The number of sulfone groups is 1. The number of phenols is 1. The number of anilines is 1. The van der Waals surface area contributed by atoms with Crippen molar-refractivity contribution in [1.82, 2.24) is 0 Å². The number of rotatable bonds is 4. The molecule has 0 radical (unpaired) electrons. The Kier molecular flexibility index (Phi) is 3.76. The minimum atomic E-state index is -3.15. The number of hydrogen-bond donors (Lipinski definition) is 2. The third-order valence-corrected chi connectivity index (χ3v) is 3.82. The molecule has 0 spiro atoms. The topological polar surface area (TPSA) is 66.4 Å². The first-order valence-electron chi connectivity index (χ1n) is 5.77. The average Bonchev–Trinajstić information content (AvgIpc) is 2.36. The molecule has 2 N–H and O–H groups in total. The van der Waals surface area contributed by atoms with Gasteiger partial charge < -0.3 is 10.4 Å². The predicted octanol–water partition coefficient (Wildman–Crippen LogP) is 2.41. The smallest absolute Gasteiger partial charge is 0.175 e. The van der Waals surface area contributed by atoms with E-state index in [1.54, 1.807) is 42.5 Å². The fourth-order valence-corrected chi connectivity index (χ4v) is 2.32. The van der Waals surface area contributed by atoms with Gasteiger partial charge in [0.15, 0.2) is 9.84 Å². The van der Waals surface area contributed by atoms with Crippen molar-refractivity contribution in [3.63, 3.8) is 0 Å². The Hall–Kier alpha value is -2.01. The van der Waals surface area contributed by atoms with Crippen LogP contribution in [0.4, 0.5) is 5.69 Å². The lowest BCUT2D eigenvalue weighted by Crippen LogP contribution is -2.00. The maximum absolute atomic E-state index is 11.3. The molecule has 0 amide bonds. The van der Waals surface area contributed by atoms with Crippen LogP contribution in [-0.4, -0.2) is 19.8 Å². The van der Waals surface area contributed by atoms with E-state index in [9.17, 15) is 13.5 Å². The Morgan fingerprint density at radius 1 is 1.11 bits per heavy atom. The summed E-state index contributed by atoms with van der Waals surface area (Å²) in [6.45, 7) is 0.562. The molecule has 2 aromatic rings. The molecule has 0 saturated heterocycles. The Morgan fingerprint density at radius 2 is 1.79 bits per heavy atom.